The smallest absolute Gasteiger partial charge is 0.225 e. The van der Waals surface area contributed by atoms with Gasteiger partial charge in [0.25, 0.3) is 0 Å². The molecule has 0 saturated heterocycles. The van der Waals surface area contributed by atoms with Crippen LogP contribution in [-0.2, 0) is 17.6 Å². The zero-order valence-corrected chi connectivity index (χ0v) is 11.5. The van der Waals surface area contributed by atoms with E-state index < -0.39 is 0 Å². The molecule has 1 aliphatic carbocycles. The molecule has 0 aliphatic heterocycles. The Bertz CT molecular complexity index is 634. The van der Waals surface area contributed by atoms with Gasteiger partial charge in [0.2, 0.25) is 11.7 Å². The van der Waals surface area contributed by atoms with Gasteiger partial charge in [0.05, 0.1) is 0 Å². The van der Waals surface area contributed by atoms with Crippen molar-refractivity contribution in [3.8, 4) is 11.3 Å². The first kappa shape index (κ1) is 12.8. The Labute approximate surface area is 117 Å². The summed E-state index contributed by atoms with van der Waals surface area (Å²) in [6.07, 6.45) is 5.14. The highest BCUT2D eigenvalue weighted by atomic mass is 16.6. The number of fused-ring (bicyclic) bond motifs is 1. The number of aryl methyl sites for hydroxylation is 2. The molecule has 0 bridgehead atoms. The third-order valence-electron chi connectivity index (χ3n) is 3.69. The summed E-state index contributed by atoms with van der Waals surface area (Å²) in [4.78, 5) is 11.5. The molecule has 1 aromatic carbocycles. The molecule has 1 aliphatic rings. The first-order valence-electron chi connectivity index (χ1n) is 7.02. The average molecular weight is 271 g/mol. The van der Waals surface area contributed by atoms with Crippen molar-refractivity contribution in [2.24, 2.45) is 0 Å². The summed E-state index contributed by atoms with van der Waals surface area (Å²) in [6.45, 7) is 1.79. The molecule has 1 aromatic heterocycles. The zero-order chi connectivity index (χ0) is 13.9. The lowest BCUT2D eigenvalue weighted by Crippen LogP contribution is -2.10. The summed E-state index contributed by atoms with van der Waals surface area (Å²) in [7, 11) is 0. The minimum absolute atomic E-state index is 0.0973. The molecule has 0 saturated carbocycles. The fraction of sp³-hybridized carbons (Fsp3) is 0.400. The molecule has 5 nitrogen and oxygen atoms in total. The van der Waals surface area contributed by atoms with Gasteiger partial charge in [-0.05, 0) is 53.2 Å². The van der Waals surface area contributed by atoms with Crippen LogP contribution in [0.2, 0.25) is 0 Å². The van der Waals surface area contributed by atoms with E-state index in [0.29, 0.717) is 17.9 Å². The molecule has 1 amide bonds. The Morgan fingerprint density at radius 2 is 2.05 bits per heavy atom. The van der Waals surface area contributed by atoms with Crippen LogP contribution in [0.4, 0.5) is 5.82 Å². The number of rotatable bonds is 3. The van der Waals surface area contributed by atoms with Crippen LogP contribution in [0, 0.1) is 0 Å². The van der Waals surface area contributed by atoms with Gasteiger partial charge in [-0.1, -0.05) is 19.1 Å². The zero-order valence-electron chi connectivity index (χ0n) is 11.5. The van der Waals surface area contributed by atoms with Gasteiger partial charge in [-0.25, -0.2) is 4.63 Å². The number of nitrogens with zero attached hydrogens (tertiary/aromatic N) is 2. The summed E-state index contributed by atoms with van der Waals surface area (Å²) in [5, 5.41) is 10.4. The molecule has 0 fully saturated rings. The number of amides is 1. The second-order valence-corrected chi connectivity index (χ2v) is 5.05. The monoisotopic (exact) mass is 271 g/mol. The van der Waals surface area contributed by atoms with Crippen molar-refractivity contribution < 1.29 is 9.42 Å². The number of anilines is 1. The number of aromatic nitrogens is 2. The lowest BCUT2D eigenvalue weighted by molar-refractivity contribution is -0.115. The fourth-order valence-electron chi connectivity index (χ4n) is 2.56. The van der Waals surface area contributed by atoms with Crippen molar-refractivity contribution in [1.29, 1.82) is 0 Å². The minimum Gasteiger partial charge on any atom is -0.306 e. The maximum atomic E-state index is 11.5. The summed E-state index contributed by atoms with van der Waals surface area (Å²) in [6, 6.07) is 6.30. The van der Waals surface area contributed by atoms with Crippen LogP contribution in [0.1, 0.15) is 37.3 Å². The van der Waals surface area contributed by atoms with Crippen LogP contribution < -0.4 is 5.32 Å². The van der Waals surface area contributed by atoms with E-state index in [1.54, 1.807) is 6.92 Å². The highest BCUT2D eigenvalue weighted by Crippen LogP contribution is 2.29. The Morgan fingerprint density at radius 3 is 2.85 bits per heavy atom. The SMILES string of the molecule is CCC(=O)Nc1nonc1-c1ccc2c(c1)CCCC2. The molecule has 2 aromatic rings. The van der Waals surface area contributed by atoms with Crippen LogP contribution >= 0.6 is 0 Å². The van der Waals surface area contributed by atoms with E-state index in [9.17, 15) is 4.79 Å². The summed E-state index contributed by atoms with van der Waals surface area (Å²) in [5.74, 6) is 0.299. The van der Waals surface area contributed by atoms with Gasteiger partial charge in [0.15, 0.2) is 5.69 Å². The average Bonchev–Trinajstić information content (AvgIpc) is 2.94. The topological polar surface area (TPSA) is 68.0 Å². The number of benzene rings is 1. The molecule has 5 heteroatoms. The quantitative estimate of drug-likeness (QED) is 0.931. The van der Waals surface area contributed by atoms with E-state index in [0.717, 1.165) is 18.4 Å². The lowest BCUT2D eigenvalue weighted by Gasteiger charge is -2.16. The first-order valence-corrected chi connectivity index (χ1v) is 7.02. The van der Waals surface area contributed by atoms with E-state index >= 15 is 0 Å². The maximum Gasteiger partial charge on any atom is 0.225 e. The largest absolute Gasteiger partial charge is 0.306 e. The molecule has 0 radical (unpaired) electrons. The molecule has 0 atom stereocenters. The lowest BCUT2D eigenvalue weighted by atomic mass is 9.90. The Morgan fingerprint density at radius 1 is 1.25 bits per heavy atom. The van der Waals surface area contributed by atoms with E-state index in [1.165, 1.54) is 24.0 Å². The van der Waals surface area contributed by atoms with Crippen LogP contribution in [0.15, 0.2) is 22.8 Å². The van der Waals surface area contributed by atoms with Gasteiger partial charge in [-0.15, -0.1) is 0 Å². The maximum absolute atomic E-state index is 11.5. The van der Waals surface area contributed by atoms with Crippen molar-refractivity contribution >= 4 is 11.7 Å². The Hall–Kier alpha value is -2.17. The molecule has 1 N–H and O–H groups in total. The second kappa shape index (κ2) is 5.45. The number of hydrogen-bond acceptors (Lipinski definition) is 4. The molecular weight excluding hydrogens is 254 g/mol. The number of carbonyl (C=O) groups excluding carboxylic acids is 1. The molecule has 20 heavy (non-hydrogen) atoms. The van der Waals surface area contributed by atoms with Crippen molar-refractivity contribution in [1.82, 2.24) is 10.3 Å². The predicted molar refractivity (Wildman–Crippen MR) is 75.3 cm³/mol. The van der Waals surface area contributed by atoms with Gasteiger partial charge in [-0.3, -0.25) is 4.79 Å². The van der Waals surface area contributed by atoms with Gasteiger partial charge >= 0.3 is 0 Å². The van der Waals surface area contributed by atoms with Crippen molar-refractivity contribution in [3.05, 3.63) is 29.3 Å². The predicted octanol–water partition coefficient (Wildman–Crippen LogP) is 2.96. The van der Waals surface area contributed by atoms with Crippen LogP contribution in [0.3, 0.4) is 0 Å². The third kappa shape index (κ3) is 2.43. The van der Waals surface area contributed by atoms with Crippen molar-refractivity contribution in [2.75, 3.05) is 5.32 Å². The highest BCUT2D eigenvalue weighted by molar-refractivity contribution is 5.92. The van der Waals surface area contributed by atoms with Gasteiger partial charge in [0, 0.05) is 12.0 Å². The fourth-order valence-corrected chi connectivity index (χ4v) is 2.56. The number of nitrogens with one attached hydrogen (secondary N) is 1. The Balaban J connectivity index is 1.93. The van der Waals surface area contributed by atoms with Crippen LogP contribution in [-0.4, -0.2) is 16.2 Å². The molecule has 104 valence electrons. The molecule has 1 heterocycles. The van der Waals surface area contributed by atoms with Crippen molar-refractivity contribution in [3.63, 3.8) is 0 Å². The Kier molecular flexibility index (Phi) is 3.50. The minimum atomic E-state index is -0.0973. The normalized spacial score (nSPS) is 13.8. The number of carbonyl (C=O) groups is 1. The van der Waals surface area contributed by atoms with E-state index in [1.807, 2.05) is 6.07 Å². The first-order chi connectivity index (χ1) is 9.78. The van der Waals surface area contributed by atoms with E-state index in [-0.39, 0.29) is 5.91 Å². The van der Waals surface area contributed by atoms with Crippen molar-refractivity contribution in [2.45, 2.75) is 39.0 Å². The van der Waals surface area contributed by atoms with E-state index in [2.05, 4.69) is 27.8 Å². The molecular formula is C15H17N3O2. The summed E-state index contributed by atoms with van der Waals surface area (Å²) in [5.41, 5.74) is 4.32. The van der Waals surface area contributed by atoms with Crippen LogP contribution in [0.5, 0.6) is 0 Å². The van der Waals surface area contributed by atoms with Gasteiger partial charge in [-0.2, -0.15) is 0 Å². The number of hydrogen-bond donors (Lipinski definition) is 1. The van der Waals surface area contributed by atoms with E-state index in [4.69, 9.17) is 4.63 Å². The highest BCUT2D eigenvalue weighted by Gasteiger charge is 2.16. The molecule has 0 unspecified atom stereocenters. The second-order valence-electron chi connectivity index (χ2n) is 5.05. The summed E-state index contributed by atoms with van der Waals surface area (Å²) >= 11 is 0. The summed E-state index contributed by atoms with van der Waals surface area (Å²) < 4.78 is 4.77. The van der Waals surface area contributed by atoms with Gasteiger partial charge in [0.1, 0.15) is 0 Å². The molecule has 0 spiro atoms. The van der Waals surface area contributed by atoms with Gasteiger partial charge < -0.3 is 5.32 Å². The molecule has 3 rings (SSSR count). The third-order valence-corrected chi connectivity index (χ3v) is 3.69. The van der Waals surface area contributed by atoms with Crippen LogP contribution in [0.25, 0.3) is 11.3 Å². The standard InChI is InChI=1S/C15H17N3O2/c1-2-13(19)16-15-14(17-20-18-15)12-8-7-10-5-3-4-6-11(10)9-12/h7-9H,2-6H2,1H3,(H,16,18,19).